The maximum atomic E-state index is 12.0. The molecule has 1 aliphatic rings. The molecule has 0 aromatic rings. The van der Waals surface area contributed by atoms with Gasteiger partial charge >= 0.3 is 0 Å². The average Bonchev–Trinajstić information content (AvgIpc) is 2.20. The fourth-order valence-corrected chi connectivity index (χ4v) is 1.52. The maximum Gasteiger partial charge on any atom is 0.275 e. The van der Waals surface area contributed by atoms with E-state index in [9.17, 15) is 4.79 Å². The zero-order chi connectivity index (χ0) is 13.1. The standard InChI is InChI=1S/C12H17ClN2O2/c1-5-17-9-6-10(13)11(16)15(8-14-7-9)12(2,3)4/h7H,5,8H2,1-4H3. The molecule has 1 aliphatic heterocycles. The number of halogens is 1. The molecule has 0 spiro atoms. The molecule has 17 heavy (non-hydrogen) atoms. The molecule has 0 fully saturated rings. The second-order valence-electron chi connectivity index (χ2n) is 4.59. The molecular weight excluding hydrogens is 240 g/mol. The number of ether oxygens (including phenoxy) is 1. The van der Waals surface area contributed by atoms with Crippen molar-refractivity contribution in [2.45, 2.75) is 33.2 Å². The van der Waals surface area contributed by atoms with Gasteiger partial charge in [0.05, 0.1) is 12.8 Å². The number of hydrogen-bond donors (Lipinski definition) is 0. The van der Waals surface area contributed by atoms with Crippen LogP contribution in [-0.2, 0) is 9.53 Å². The molecule has 0 unspecified atom stereocenters. The van der Waals surface area contributed by atoms with Crippen molar-refractivity contribution >= 4 is 23.7 Å². The van der Waals surface area contributed by atoms with Gasteiger partial charge in [-0.2, -0.15) is 0 Å². The first-order chi connectivity index (χ1) is 7.86. The number of amides is 1. The van der Waals surface area contributed by atoms with Gasteiger partial charge in [0.2, 0.25) is 0 Å². The number of nitrogens with zero attached hydrogens (tertiary/aromatic N) is 2. The van der Waals surface area contributed by atoms with Gasteiger partial charge in [-0.05, 0) is 33.4 Å². The van der Waals surface area contributed by atoms with E-state index in [4.69, 9.17) is 16.3 Å². The van der Waals surface area contributed by atoms with Crippen LogP contribution in [0.5, 0.6) is 0 Å². The Bertz CT molecular complexity index is 401. The van der Waals surface area contributed by atoms with Crippen LogP contribution in [0.1, 0.15) is 27.7 Å². The summed E-state index contributed by atoms with van der Waals surface area (Å²) in [5.41, 5.74) is 2.37. The molecule has 0 saturated carbocycles. The minimum Gasteiger partial charge on any atom is -0.485 e. The molecule has 1 rings (SSSR count). The topological polar surface area (TPSA) is 41.9 Å². The summed E-state index contributed by atoms with van der Waals surface area (Å²) in [5, 5.41) is 0.0227. The van der Waals surface area contributed by atoms with Gasteiger partial charge < -0.3 is 9.64 Å². The summed E-state index contributed by atoms with van der Waals surface area (Å²) in [6.45, 7) is 8.38. The van der Waals surface area contributed by atoms with Crippen LogP contribution in [0.2, 0.25) is 0 Å². The molecule has 0 atom stereocenters. The number of aliphatic imine (C=N–C) groups is 1. The van der Waals surface area contributed by atoms with E-state index in [2.05, 4.69) is 10.7 Å². The smallest absolute Gasteiger partial charge is 0.275 e. The molecule has 0 N–H and O–H groups in total. The molecule has 0 saturated heterocycles. The van der Waals surface area contributed by atoms with Crippen LogP contribution in [0.3, 0.4) is 0 Å². The number of carbonyl (C=O) groups is 1. The molecule has 0 radical (unpaired) electrons. The minimum atomic E-state index is -0.334. The molecule has 5 heteroatoms. The largest absolute Gasteiger partial charge is 0.485 e. The van der Waals surface area contributed by atoms with Gasteiger partial charge in [0, 0.05) is 5.54 Å². The van der Waals surface area contributed by atoms with Crippen LogP contribution in [0, 0.1) is 0 Å². The third-order valence-corrected chi connectivity index (χ3v) is 2.46. The van der Waals surface area contributed by atoms with Crippen molar-refractivity contribution in [1.29, 1.82) is 0 Å². The Morgan fingerprint density at radius 3 is 2.76 bits per heavy atom. The molecule has 0 bridgehead atoms. The van der Waals surface area contributed by atoms with Gasteiger partial charge in [-0.3, -0.25) is 9.79 Å². The Morgan fingerprint density at radius 2 is 2.24 bits per heavy atom. The second kappa shape index (κ2) is 5.39. The fraction of sp³-hybridized carbons (Fsp3) is 0.583. The minimum absolute atomic E-state index is 0.0227. The average molecular weight is 257 g/mol. The van der Waals surface area contributed by atoms with Crippen LogP contribution in [0.25, 0.3) is 0 Å². The van der Waals surface area contributed by atoms with Crippen LogP contribution >= 0.6 is 11.6 Å². The third kappa shape index (κ3) is 3.62. The van der Waals surface area contributed by atoms with Crippen molar-refractivity contribution < 1.29 is 9.53 Å². The highest BCUT2D eigenvalue weighted by Gasteiger charge is 2.28. The normalized spacial score (nSPS) is 17.2. The maximum absolute atomic E-state index is 12.0. The van der Waals surface area contributed by atoms with E-state index >= 15 is 0 Å². The van der Waals surface area contributed by atoms with Gasteiger partial charge in [-0.15, -0.1) is 0 Å². The first kappa shape index (κ1) is 13.8. The Kier molecular flexibility index (Phi) is 4.38. The summed E-state index contributed by atoms with van der Waals surface area (Å²) in [4.78, 5) is 17.8. The number of hydrogen-bond acceptors (Lipinski definition) is 3. The molecule has 4 nitrogen and oxygen atoms in total. The van der Waals surface area contributed by atoms with Crippen molar-refractivity contribution in [2.75, 3.05) is 13.3 Å². The Hall–Kier alpha value is -1.25. The van der Waals surface area contributed by atoms with Crippen molar-refractivity contribution in [1.82, 2.24) is 4.90 Å². The van der Waals surface area contributed by atoms with E-state index in [1.165, 1.54) is 6.21 Å². The van der Waals surface area contributed by atoms with Crippen LogP contribution in [0.15, 0.2) is 21.5 Å². The zero-order valence-electron chi connectivity index (χ0n) is 10.6. The second-order valence-corrected chi connectivity index (χ2v) is 4.97. The highest BCUT2D eigenvalue weighted by molar-refractivity contribution is 6.42. The number of carbonyl (C=O) groups excluding carboxylic acids is 1. The summed E-state index contributed by atoms with van der Waals surface area (Å²) >= 11 is 5.93. The van der Waals surface area contributed by atoms with Crippen LogP contribution in [0.4, 0.5) is 0 Å². The lowest BCUT2D eigenvalue weighted by atomic mass is 10.1. The van der Waals surface area contributed by atoms with Crippen molar-refractivity contribution in [3.8, 4) is 0 Å². The zero-order valence-corrected chi connectivity index (χ0v) is 11.3. The summed E-state index contributed by atoms with van der Waals surface area (Å²) < 4.78 is 5.24. The molecule has 0 aliphatic carbocycles. The summed E-state index contributed by atoms with van der Waals surface area (Å²) in [5.74, 6) is 0.104. The van der Waals surface area contributed by atoms with E-state index in [1.54, 1.807) is 4.90 Å². The predicted octanol–water partition coefficient (Wildman–Crippen LogP) is 2.30. The van der Waals surface area contributed by atoms with Gasteiger partial charge in [0.1, 0.15) is 6.67 Å². The molecular formula is C12H17ClN2O2. The summed E-state index contributed by atoms with van der Waals surface area (Å²) in [6.07, 6.45) is 1.54. The Morgan fingerprint density at radius 1 is 1.59 bits per heavy atom. The van der Waals surface area contributed by atoms with Crippen molar-refractivity contribution in [3.05, 3.63) is 16.5 Å². The fourth-order valence-electron chi connectivity index (χ4n) is 1.33. The predicted molar refractivity (Wildman–Crippen MR) is 68.0 cm³/mol. The van der Waals surface area contributed by atoms with Crippen LogP contribution in [-0.4, -0.2) is 35.8 Å². The van der Waals surface area contributed by atoms with E-state index in [-0.39, 0.29) is 23.1 Å². The van der Waals surface area contributed by atoms with E-state index in [1.807, 2.05) is 27.7 Å². The highest BCUT2D eigenvalue weighted by atomic mass is 35.5. The lowest BCUT2D eigenvalue weighted by molar-refractivity contribution is -0.130. The molecule has 1 heterocycles. The van der Waals surface area contributed by atoms with Crippen molar-refractivity contribution in [3.63, 3.8) is 0 Å². The van der Waals surface area contributed by atoms with Gasteiger partial charge in [-0.25, -0.2) is 0 Å². The molecule has 0 aromatic carbocycles. The lowest BCUT2D eigenvalue weighted by Crippen LogP contribution is -2.46. The SMILES string of the molecule is CCOC1=C=C(Cl)C(=O)N(C(C)(C)C)CN=C1. The van der Waals surface area contributed by atoms with Crippen LogP contribution < -0.4 is 0 Å². The lowest BCUT2D eigenvalue weighted by Gasteiger charge is -2.34. The molecule has 1 amide bonds. The van der Waals surface area contributed by atoms with E-state index in [0.717, 1.165) is 0 Å². The van der Waals surface area contributed by atoms with Gasteiger partial charge in [0.25, 0.3) is 5.91 Å². The summed E-state index contributed by atoms with van der Waals surface area (Å²) in [7, 11) is 0. The summed E-state index contributed by atoms with van der Waals surface area (Å²) in [6, 6.07) is 0. The Labute approximate surface area is 107 Å². The first-order valence-electron chi connectivity index (χ1n) is 5.47. The number of rotatable bonds is 2. The Balaban J connectivity index is 3.12. The van der Waals surface area contributed by atoms with Gasteiger partial charge in [0.15, 0.2) is 10.8 Å². The quantitative estimate of drug-likeness (QED) is 0.712. The first-order valence-corrected chi connectivity index (χ1v) is 5.85. The third-order valence-electron chi connectivity index (χ3n) is 2.21. The molecule has 94 valence electrons. The monoisotopic (exact) mass is 256 g/mol. The van der Waals surface area contributed by atoms with Gasteiger partial charge in [-0.1, -0.05) is 11.6 Å². The van der Waals surface area contributed by atoms with E-state index < -0.39 is 0 Å². The van der Waals surface area contributed by atoms with Crippen molar-refractivity contribution in [2.24, 2.45) is 4.99 Å². The van der Waals surface area contributed by atoms with E-state index in [0.29, 0.717) is 12.4 Å². The molecule has 0 aromatic heterocycles. The highest BCUT2D eigenvalue weighted by Crippen LogP contribution is 2.19.